The van der Waals surface area contributed by atoms with E-state index in [0.717, 1.165) is 19.4 Å². The van der Waals surface area contributed by atoms with E-state index in [1.807, 2.05) is 0 Å². The van der Waals surface area contributed by atoms with Gasteiger partial charge in [-0.2, -0.15) is 0 Å². The summed E-state index contributed by atoms with van der Waals surface area (Å²) < 4.78 is 0. The fourth-order valence-corrected chi connectivity index (χ4v) is 4.18. The first kappa shape index (κ1) is 14.6. The molecule has 21 heavy (non-hydrogen) atoms. The second-order valence-electron chi connectivity index (χ2n) is 6.61. The van der Waals surface area contributed by atoms with Crippen molar-refractivity contribution in [3.63, 3.8) is 0 Å². The molecule has 1 heterocycles. The zero-order valence-electron chi connectivity index (χ0n) is 12.8. The molecule has 1 saturated heterocycles. The van der Waals surface area contributed by atoms with E-state index in [1.165, 1.54) is 30.4 Å². The van der Waals surface area contributed by atoms with E-state index in [2.05, 4.69) is 36.1 Å². The van der Waals surface area contributed by atoms with Gasteiger partial charge in [0.1, 0.15) is 0 Å². The molecule has 0 bridgehead atoms. The largest absolute Gasteiger partial charge is 0.481 e. The van der Waals surface area contributed by atoms with Crippen LogP contribution in [0.5, 0.6) is 0 Å². The van der Waals surface area contributed by atoms with Crippen molar-refractivity contribution in [2.45, 2.75) is 63.5 Å². The second kappa shape index (κ2) is 6.18. The van der Waals surface area contributed by atoms with Gasteiger partial charge in [0.15, 0.2) is 0 Å². The van der Waals surface area contributed by atoms with Crippen LogP contribution in [0.15, 0.2) is 24.3 Å². The Morgan fingerprint density at radius 2 is 1.95 bits per heavy atom. The number of aliphatic carboxylic acids is 1. The Morgan fingerprint density at radius 1 is 1.19 bits per heavy atom. The number of carboxylic acid groups (broad SMARTS) is 1. The average Bonchev–Trinajstić information content (AvgIpc) is 2.48. The van der Waals surface area contributed by atoms with Gasteiger partial charge in [-0.25, -0.2) is 0 Å². The van der Waals surface area contributed by atoms with Gasteiger partial charge in [-0.05, 0) is 49.3 Å². The van der Waals surface area contributed by atoms with Crippen molar-refractivity contribution in [3.05, 3.63) is 35.4 Å². The van der Waals surface area contributed by atoms with Crippen LogP contribution in [0.4, 0.5) is 0 Å². The normalized spacial score (nSPS) is 29.9. The van der Waals surface area contributed by atoms with Gasteiger partial charge < -0.3 is 5.11 Å². The summed E-state index contributed by atoms with van der Waals surface area (Å²) in [6, 6.07) is 9.39. The number of hydrogen-bond acceptors (Lipinski definition) is 2. The first-order chi connectivity index (χ1) is 10.2. The molecule has 1 aromatic rings. The Labute approximate surface area is 127 Å². The second-order valence-corrected chi connectivity index (χ2v) is 6.61. The summed E-state index contributed by atoms with van der Waals surface area (Å²) in [7, 11) is 0. The van der Waals surface area contributed by atoms with Crippen LogP contribution >= 0.6 is 0 Å². The number of hydrogen-bond donors (Lipinski definition) is 1. The molecule has 0 spiro atoms. The van der Waals surface area contributed by atoms with Crippen LogP contribution in [0.2, 0.25) is 0 Å². The minimum absolute atomic E-state index is 0.211. The zero-order chi connectivity index (χ0) is 14.8. The first-order valence-electron chi connectivity index (χ1n) is 8.23. The van der Waals surface area contributed by atoms with Gasteiger partial charge in [0.25, 0.3) is 0 Å². The van der Waals surface area contributed by atoms with E-state index in [9.17, 15) is 9.90 Å². The van der Waals surface area contributed by atoms with Gasteiger partial charge in [-0.3, -0.25) is 9.69 Å². The molecule has 0 amide bonds. The Kier molecular flexibility index (Phi) is 4.29. The average molecular weight is 287 g/mol. The molecule has 3 rings (SSSR count). The summed E-state index contributed by atoms with van der Waals surface area (Å²) in [4.78, 5) is 13.7. The van der Waals surface area contributed by atoms with Gasteiger partial charge in [0.2, 0.25) is 0 Å². The third kappa shape index (κ3) is 2.98. The van der Waals surface area contributed by atoms with Crippen molar-refractivity contribution in [1.29, 1.82) is 0 Å². The van der Waals surface area contributed by atoms with Crippen LogP contribution in [0.25, 0.3) is 0 Å². The summed E-state index contributed by atoms with van der Waals surface area (Å²) in [5.74, 6) is -0.0375. The molecule has 3 unspecified atom stereocenters. The summed E-state index contributed by atoms with van der Waals surface area (Å²) in [5, 5.41) is 9.19. The van der Waals surface area contributed by atoms with Gasteiger partial charge >= 0.3 is 5.97 Å². The molecule has 1 N–H and O–H groups in total. The molecule has 1 aliphatic heterocycles. The fraction of sp³-hybridized carbons (Fsp3) is 0.611. The molecule has 0 aromatic heterocycles. The third-order valence-corrected chi connectivity index (χ3v) is 5.24. The Hall–Kier alpha value is -1.35. The maximum Gasteiger partial charge on any atom is 0.304 e. The Balaban J connectivity index is 1.88. The topological polar surface area (TPSA) is 40.5 Å². The lowest BCUT2D eigenvalue weighted by molar-refractivity contribution is -0.139. The van der Waals surface area contributed by atoms with Crippen LogP contribution < -0.4 is 0 Å². The highest BCUT2D eigenvalue weighted by Gasteiger charge is 2.34. The number of carboxylic acids is 1. The molecule has 0 radical (unpaired) electrons. The molecule has 1 fully saturated rings. The predicted molar refractivity (Wildman–Crippen MR) is 83.4 cm³/mol. The Morgan fingerprint density at radius 3 is 2.71 bits per heavy atom. The lowest BCUT2D eigenvalue weighted by atomic mass is 9.79. The van der Waals surface area contributed by atoms with Crippen LogP contribution in [-0.4, -0.2) is 28.6 Å². The molecule has 114 valence electrons. The SMILES string of the molecule is CC1CCC(N2CCCCC2CC(=O)O)c2ccccc21. The minimum Gasteiger partial charge on any atom is -0.481 e. The van der Waals surface area contributed by atoms with E-state index in [4.69, 9.17) is 0 Å². The van der Waals surface area contributed by atoms with Gasteiger partial charge in [0, 0.05) is 12.1 Å². The monoisotopic (exact) mass is 287 g/mol. The molecule has 2 aliphatic rings. The number of likely N-dealkylation sites (tertiary alicyclic amines) is 1. The number of rotatable bonds is 3. The molecule has 3 heteroatoms. The minimum atomic E-state index is -0.663. The number of nitrogens with zero attached hydrogens (tertiary/aromatic N) is 1. The van der Waals surface area contributed by atoms with Gasteiger partial charge in [-0.15, -0.1) is 0 Å². The van der Waals surface area contributed by atoms with E-state index in [1.54, 1.807) is 0 Å². The third-order valence-electron chi connectivity index (χ3n) is 5.24. The summed E-state index contributed by atoms with van der Waals surface area (Å²) >= 11 is 0. The van der Waals surface area contributed by atoms with Crippen molar-refractivity contribution in [2.75, 3.05) is 6.54 Å². The molecule has 1 aromatic carbocycles. The Bertz CT molecular complexity index is 514. The molecule has 3 atom stereocenters. The van der Waals surface area contributed by atoms with E-state index >= 15 is 0 Å². The summed E-state index contributed by atoms with van der Waals surface area (Å²) in [6.45, 7) is 3.35. The molecular weight excluding hydrogens is 262 g/mol. The van der Waals surface area contributed by atoms with Crippen molar-refractivity contribution in [1.82, 2.24) is 4.90 Å². The highest BCUT2D eigenvalue weighted by atomic mass is 16.4. The molecule has 1 aliphatic carbocycles. The quantitative estimate of drug-likeness (QED) is 0.915. The molecular formula is C18H25NO2. The maximum absolute atomic E-state index is 11.2. The number of carbonyl (C=O) groups is 1. The van der Waals surface area contributed by atoms with E-state index in [0.29, 0.717) is 12.0 Å². The van der Waals surface area contributed by atoms with Crippen molar-refractivity contribution in [3.8, 4) is 0 Å². The maximum atomic E-state index is 11.2. The lowest BCUT2D eigenvalue weighted by Gasteiger charge is -2.44. The van der Waals surface area contributed by atoms with Crippen LogP contribution in [0.3, 0.4) is 0 Å². The smallest absolute Gasteiger partial charge is 0.304 e. The fourth-order valence-electron chi connectivity index (χ4n) is 4.18. The molecule has 0 saturated carbocycles. The van der Waals surface area contributed by atoms with Crippen LogP contribution in [0, 0.1) is 0 Å². The first-order valence-corrected chi connectivity index (χ1v) is 8.23. The van der Waals surface area contributed by atoms with Crippen LogP contribution in [-0.2, 0) is 4.79 Å². The van der Waals surface area contributed by atoms with Crippen LogP contribution in [0.1, 0.15) is 68.5 Å². The number of benzene rings is 1. The van der Waals surface area contributed by atoms with Gasteiger partial charge in [-0.1, -0.05) is 37.6 Å². The van der Waals surface area contributed by atoms with Crippen molar-refractivity contribution >= 4 is 5.97 Å². The highest BCUT2D eigenvalue weighted by Crippen LogP contribution is 2.42. The molecule has 3 nitrogen and oxygen atoms in total. The number of fused-ring (bicyclic) bond motifs is 1. The summed E-state index contributed by atoms with van der Waals surface area (Å²) in [5.41, 5.74) is 2.90. The predicted octanol–water partition coefficient (Wildman–Crippen LogP) is 3.95. The van der Waals surface area contributed by atoms with Crippen molar-refractivity contribution < 1.29 is 9.90 Å². The summed E-state index contributed by atoms with van der Waals surface area (Å²) in [6.07, 6.45) is 6.05. The lowest BCUT2D eigenvalue weighted by Crippen LogP contribution is -2.44. The van der Waals surface area contributed by atoms with Crippen molar-refractivity contribution in [2.24, 2.45) is 0 Å². The van der Waals surface area contributed by atoms with E-state index < -0.39 is 5.97 Å². The van der Waals surface area contributed by atoms with Gasteiger partial charge in [0.05, 0.1) is 6.42 Å². The highest BCUT2D eigenvalue weighted by molar-refractivity contribution is 5.67. The standard InChI is InChI=1S/C18H25NO2/c1-13-9-10-17(16-8-3-2-7-15(13)16)19-11-5-4-6-14(19)12-18(20)21/h2-3,7-8,13-14,17H,4-6,9-12H2,1H3,(H,20,21). The number of piperidine rings is 1. The van der Waals surface area contributed by atoms with E-state index in [-0.39, 0.29) is 12.5 Å². The zero-order valence-corrected chi connectivity index (χ0v) is 12.8.